The number of fused-ring (bicyclic) bond motifs is 1. The van der Waals surface area contributed by atoms with Gasteiger partial charge in [-0.05, 0) is 47.0 Å². The van der Waals surface area contributed by atoms with E-state index in [1.807, 2.05) is 42.0 Å². The number of aromatic nitrogens is 1. The van der Waals surface area contributed by atoms with E-state index in [2.05, 4.69) is 19.2 Å². The highest BCUT2D eigenvalue weighted by Gasteiger charge is 2.10. The van der Waals surface area contributed by atoms with Crippen molar-refractivity contribution in [3.63, 3.8) is 0 Å². The molecular formula is C17H14FN. The van der Waals surface area contributed by atoms with Crippen LogP contribution in [-0.2, 0) is 0 Å². The van der Waals surface area contributed by atoms with Gasteiger partial charge in [0.1, 0.15) is 11.5 Å². The smallest absolute Gasteiger partial charge is 0.123 e. The van der Waals surface area contributed by atoms with Crippen LogP contribution in [-0.4, -0.2) is 0 Å². The van der Waals surface area contributed by atoms with Gasteiger partial charge in [-0.2, -0.15) is 0 Å². The van der Waals surface area contributed by atoms with Crippen LogP contribution in [0.5, 0.6) is 0 Å². The molecule has 0 fully saturated rings. The number of halogens is 1. The third-order valence-electron chi connectivity index (χ3n) is 3.38. The van der Waals surface area contributed by atoms with Crippen LogP contribution in [0.1, 0.15) is 5.56 Å². The van der Waals surface area contributed by atoms with Crippen molar-refractivity contribution in [1.29, 1.82) is 0 Å². The second-order valence-corrected chi connectivity index (χ2v) is 4.68. The molecule has 3 rings (SSSR count). The van der Waals surface area contributed by atoms with Crippen LogP contribution >= 0.6 is 0 Å². The Balaban J connectivity index is 2.38. The zero-order chi connectivity index (χ0) is 13.4. The summed E-state index contributed by atoms with van der Waals surface area (Å²) in [4.78, 5) is 0. The zero-order valence-electron chi connectivity index (χ0n) is 10.7. The van der Waals surface area contributed by atoms with E-state index >= 15 is 0 Å². The van der Waals surface area contributed by atoms with Crippen molar-refractivity contribution in [2.24, 2.45) is 0 Å². The number of aryl methyl sites for hydroxylation is 1. The van der Waals surface area contributed by atoms with Crippen LogP contribution in [0, 0.1) is 19.8 Å². The van der Waals surface area contributed by atoms with Crippen molar-refractivity contribution in [2.75, 3.05) is 0 Å². The number of benzene rings is 2. The van der Waals surface area contributed by atoms with Crippen molar-refractivity contribution >= 4 is 10.8 Å². The summed E-state index contributed by atoms with van der Waals surface area (Å²) in [7, 11) is 4.03. The van der Waals surface area contributed by atoms with Gasteiger partial charge in [-0.3, -0.25) is 0 Å². The van der Waals surface area contributed by atoms with E-state index in [0.29, 0.717) is 0 Å². The van der Waals surface area contributed by atoms with Crippen LogP contribution in [0.25, 0.3) is 22.0 Å². The Morgan fingerprint density at radius 2 is 1.84 bits per heavy atom. The average Bonchev–Trinajstić information content (AvgIpc) is 2.40. The molecule has 0 atom stereocenters. The molecule has 1 aromatic heterocycles. The molecule has 0 bridgehead atoms. The van der Waals surface area contributed by atoms with Gasteiger partial charge in [-0.1, -0.05) is 30.3 Å². The lowest BCUT2D eigenvalue weighted by Crippen LogP contribution is -2.28. The fraction of sp³-hybridized carbons (Fsp3) is 0.0588. The van der Waals surface area contributed by atoms with Crippen molar-refractivity contribution in [1.82, 2.24) is 0 Å². The third kappa shape index (κ3) is 1.95. The highest BCUT2D eigenvalue weighted by molar-refractivity contribution is 5.93. The molecule has 0 saturated heterocycles. The Morgan fingerprint density at radius 3 is 2.63 bits per heavy atom. The van der Waals surface area contributed by atoms with Crippen LogP contribution in [0.4, 0.5) is 4.39 Å². The van der Waals surface area contributed by atoms with Crippen LogP contribution < -0.4 is 4.57 Å². The molecule has 2 aromatic carbocycles. The highest BCUT2D eigenvalue weighted by atomic mass is 19.1. The van der Waals surface area contributed by atoms with Gasteiger partial charge in [0.25, 0.3) is 0 Å². The van der Waals surface area contributed by atoms with E-state index in [-0.39, 0.29) is 5.82 Å². The van der Waals surface area contributed by atoms with Gasteiger partial charge in [-0.15, -0.1) is 0 Å². The third-order valence-corrected chi connectivity index (χ3v) is 3.38. The fourth-order valence-electron chi connectivity index (χ4n) is 2.45. The Labute approximate surface area is 111 Å². The lowest BCUT2D eigenvalue weighted by atomic mass is 9.99. The predicted molar refractivity (Wildman–Crippen MR) is 75.0 cm³/mol. The average molecular weight is 251 g/mol. The number of pyridine rings is 1. The molecule has 0 unspecified atom stereocenters. The van der Waals surface area contributed by atoms with Gasteiger partial charge in [0.2, 0.25) is 0 Å². The summed E-state index contributed by atoms with van der Waals surface area (Å²) in [6, 6.07) is 15.0. The van der Waals surface area contributed by atoms with Crippen molar-refractivity contribution in [3.8, 4) is 11.3 Å². The number of hydrogen-bond donors (Lipinski definition) is 0. The monoisotopic (exact) mass is 251 g/mol. The lowest BCUT2D eigenvalue weighted by molar-refractivity contribution is -0.599. The van der Waals surface area contributed by atoms with Gasteiger partial charge in [0.15, 0.2) is 0 Å². The summed E-state index contributed by atoms with van der Waals surface area (Å²) in [5.74, 6) is -0.211. The summed E-state index contributed by atoms with van der Waals surface area (Å²) < 4.78 is 15.1. The van der Waals surface area contributed by atoms with Gasteiger partial charge in [0, 0.05) is 7.05 Å². The number of hydrogen-bond acceptors (Lipinski definition) is 0. The first-order valence-corrected chi connectivity index (χ1v) is 6.17. The van der Waals surface area contributed by atoms with E-state index < -0.39 is 0 Å². The van der Waals surface area contributed by atoms with Gasteiger partial charge in [0.05, 0.1) is 6.20 Å². The Bertz CT molecular complexity index is 762. The maximum atomic E-state index is 13.3. The molecule has 1 heterocycles. The standard InChI is InChI=1S/C17H14FN/c1-12-11-14(18)7-8-15(12)17-16-6-4-3-5-13(16)9-10-19(17)2/h3-11H,2H2,1H3. The van der Waals surface area contributed by atoms with E-state index in [4.69, 9.17) is 0 Å². The summed E-state index contributed by atoms with van der Waals surface area (Å²) in [5.41, 5.74) is 2.93. The van der Waals surface area contributed by atoms with E-state index in [0.717, 1.165) is 27.6 Å². The molecule has 0 spiro atoms. The first-order valence-electron chi connectivity index (χ1n) is 6.17. The molecule has 3 aromatic rings. The minimum absolute atomic E-state index is 0.211. The van der Waals surface area contributed by atoms with E-state index in [1.54, 1.807) is 6.07 Å². The molecule has 0 aliphatic rings. The SMILES string of the molecule is [CH2-][n+]1ccc2ccccc2c1-c1ccc(F)cc1C. The van der Waals surface area contributed by atoms with Gasteiger partial charge in [-0.25, -0.2) is 4.39 Å². The molecule has 0 amide bonds. The predicted octanol–water partition coefficient (Wildman–Crippen LogP) is 3.88. The molecule has 0 radical (unpaired) electrons. The Hall–Kier alpha value is -2.35. The normalized spacial score (nSPS) is 10.8. The summed E-state index contributed by atoms with van der Waals surface area (Å²) in [6.45, 7) is 1.92. The quantitative estimate of drug-likeness (QED) is 0.456. The van der Waals surface area contributed by atoms with Crippen LogP contribution in [0.2, 0.25) is 0 Å². The van der Waals surface area contributed by atoms with Crippen molar-refractivity contribution in [3.05, 3.63) is 73.2 Å². The lowest BCUT2D eigenvalue weighted by Gasteiger charge is -2.13. The molecule has 0 aliphatic heterocycles. The maximum Gasteiger partial charge on any atom is 0.123 e. The van der Waals surface area contributed by atoms with Crippen LogP contribution in [0.3, 0.4) is 0 Å². The van der Waals surface area contributed by atoms with Crippen LogP contribution in [0.15, 0.2) is 54.7 Å². The molecular weight excluding hydrogens is 237 g/mol. The minimum Gasteiger partial charge on any atom is -0.332 e. The Kier molecular flexibility index (Phi) is 2.71. The van der Waals surface area contributed by atoms with Crippen molar-refractivity contribution in [2.45, 2.75) is 6.92 Å². The zero-order valence-corrected chi connectivity index (χ0v) is 10.7. The largest absolute Gasteiger partial charge is 0.332 e. The summed E-state index contributed by atoms with van der Waals surface area (Å²) >= 11 is 0. The molecule has 19 heavy (non-hydrogen) atoms. The number of rotatable bonds is 1. The molecule has 0 N–H and O–H groups in total. The number of nitrogens with zero attached hydrogens (tertiary/aromatic N) is 1. The first-order chi connectivity index (χ1) is 9.16. The molecule has 0 saturated carbocycles. The second-order valence-electron chi connectivity index (χ2n) is 4.68. The van der Waals surface area contributed by atoms with Gasteiger partial charge < -0.3 is 4.57 Å². The summed E-state index contributed by atoms with van der Waals surface area (Å²) in [6.07, 6.45) is 1.93. The van der Waals surface area contributed by atoms with E-state index in [1.165, 1.54) is 6.07 Å². The second kappa shape index (κ2) is 4.39. The molecule has 94 valence electrons. The Morgan fingerprint density at radius 1 is 1.05 bits per heavy atom. The van der Waals surface area contributed by atoms with E-state index in [9.17, 15) is 4.39 Å². The highest BCUT2D eigenvalue weighted by Crippen LogP contribution is 2.27. The molecule has 1 nitrogen and oxygen atoms in total. The fourth-order valence-corrected chi connectivity index (χ4v) is 2.45. The summed E-state index contributed by atoms with van der Waals surface area (Å²) in [5, 5.41) is 2.27. The minimum atomic E-state index is -0.211. The molecule has 0 aliphatic carbocycles. The van der Waals surface area contributed by atoms with Crippen molar-refractivity contribution < 1.29 is 8.96 Å². The maximum absolute atomic E-state index is 13.3. The van der Waals surface area contributed by atoms with Gasteiger partial charge >= 0.3 is 0 Å². The topological polar surface area (TPSA) is 3.88 Å². The molecule has 2 heteroatoms. The first kappa shape index (κ1) is 11.7.